The molecular weight excluding hydrogens is 653 g/mol. The molecule has 0 amide bonds. The second-order valence-corrected chi connectivity index (χ2v) is 15.4. The fourth-order valence-corrected chi connectivity index (χ4v) is 9.31. The van der Waals surface area contributed by atoms with Gasteiger partial charge in [0.1, 0.15) is 0 Å². The first-order valence-electron chi connectivity index (χ1n) is 19.0. The number of para-hydroxylation sites is 2. The number of aromatic amines is 1. The first kappa shape index (κ1) is 30.9. The van der Waals surface area contributed by atoms with Crippen molar-refractivity contribution in [3.63, 3.8) is 0 Å². The molecule has 0 unspecified atom stereocenters. The molecular formula is C52H38N2. The van der Waals surface area contributed by atoms with Gasteiger partial charge in [0.25, 0.3) is 0 Å². The van der Waals surface area contributed by atoms with Gasteiger partial charge in [-0.2, -0.15) is 0 Å². The Bertz CT molecular complexity index is 2940. The van der Waals surface area contributed by atoms with Crippen LogP contribution in [0.1, 0.15) is 36.1 Å². The molecule has 1 aromatic heterocycles. The molecule has 9 aromatic rings. The maximum Gasteiger partial charge on any atom is 0.0544 e. The molecule has 54 heavy (non-hydrogen) atoms. The number of benzene rings is 8. The molecule has 0 radical (unpaired) electrons. The van der Waals surface area contributed by atoms with Crippen molar-refractivity contribution in [2.75, 3.05) is 4.90 Å². The molecule has 1 heterocycles. The minimum atomic E-state index is -0.0347. The Kier molecular flexibility index (Phi) is 6.69. The van der Waals surface area contributed by atoms with E-state index in [1.165, 1.54) is 83.1 Å². The summed E-state index contributed by atoms with van der Waals surface area (Å²) in [7, 11) is 0. The van der Waals surface area contributed by atoms with Crippen LogP contribution in [0.3, 0.4) is 0 Å². The number of fused-ring (bicyclic) bond motifs is 9. The Labute approximate surface area is 316 Å². The summed E-state index contributed by atoms with van der Waals surface area (Å²) < 4.78 is 0. The van der Waals surface area contributed by atoms with Crippen molar-refractivity contribution in [2.24, 2.45) is 0 Å². The number of nitrogens with zero attached hydrogens (tertiary/aromatic N) is 1. The molecule has 256 valence electrons. The SMILES string of the molecule is CC1(C)c2ccccc2-c2ccc(-c3ccc(N(c4cccc(-c5cccc6c5[nH]c5ccccc56)c4)c4ccc5c(c4)-c4ccccc4C5)cc3)cc21. The van der Waals surface area contributed by atoms with Crippen molar-refractivity contribution in [3.8, 4) is 44.5 Å². The van der Waals surface area contributed by atoms with Gasteiger partial charge in [-0.1, -0.05) is 141 Å². The highest BCUT2D eigenvalue weighted by Crippen LogP contribution is 2.50. The van der Waals surface area contributed by atoms with Gasteiger partial charge in [0.2, 0.25) is 0 Å². The van der Waals surface area contributed by atoms with Gasteiger partial charge in [-0.05, 0) is 116 Å². The van der Waals surface area contributed by atoms with E-state index < -0.39 is 0 Å². The molecule has 8 aromatic carbocycles. The van der Waals surface area contributed by atoms with Gasteiger partial charge in [-0.15, -0.1) is 0 Å². The van der Waals surface area contributed by atoms with Crippen LogP contribution in [0.5, 0.6) is 0 Å². The zero-order valence-corrected chi connectivity index (χ0v) is 30.4. The summed E-state index contributed by atoms with van der Waals surface area (Å²) in [4.78, 5) is 6.15. The average Bonchev–Trinajstić information content (AvgIpc) is 3.86. The molecule has 0 spiro atoms. The van der Waals surface area contributed by atoms with Crippen molar-refractivity contribution in [2.45, 2.75) is 25.7 Å². The van der Waals surface area contributed by atoms with Crippen LogP contribution in [0.2, 0.25) is 0 Å². The zero-order chi connectivity index (χ0) is 36.0. The van der Waals surface area contributed by atoms with Crippen LogP contribution < -0.4 is 4.90 Å². The fraction of sp³-hybridized carbons (Fsp3) is 0.0769. The highest BCUT2D eigenvalue weighted by atomic mass is 15.1. The van der Waals surface area contributed by atoms with E-state index in [2.05, 4.69) is 200 Å². The molecule has 0 saturated carbocycles. The van der Waals surface area contributed by atoms with Crippen LogP contribution in [-0.2, 0) is 11.8 Å². The largest absolute Gasteiger partial charge is 0.354 e. The van der Waals surface area contributed by atoms with Gasteiger partial charge in [0, 0.05) is 44.3 Å². The van der Waals surface area contributed by atoms with Crippen LogP contribution in [0, 0.1) is 0 Å². The third kappa shape index (κ3) is 4.66. The van der Waals surface area contributed by atoms with Gasteiger partial charge < -0.3 is 9.88 Å². The summed E-state index contributed by atoms with van der Waals surface area (Å²) in [6.45, 7) is 4.70. The van der Waals surface area contributed by atoms with E-state index >= 15 is 0 Å². The Morgan fingerprint density at radius 3 is 2.00 bits per heavy atom. The topological polar surface area (TPSA) is 19.0 Å². The number of H-pyrrole nitrogens is 1. The molecule has 1 N–H and O–H groups in total. The smallest absolute Gasteiger partial charge is 0.0544 e. The predicted molar refractivity (Wildman–Crippen MR) is 227 cm³/mol. The molecule has 2 heteroatoms. The molecule has 2 nitrogen and oxygen atoms in total. The quantitative estimate of drug-likeness (QED) is 0.190. The van der Waals surface area contributed by atoms with E-state index in [-0.39, 0.29) is 5.41 Å². The summed E-state index contributed by atoms with van der Waals surface area (Å²) in [6, 6.07) is 65.1. The third-order valence-corrected chi connectivity index (χ3v) is 12.0. The van der Waals surface area contributed by atoms with Crippen LogP contribution in [0.25, 0.3) is 66.3 Å². The molecule has 0 bridgehead atoms. The normalized spacial score (nSPS) is 13.4. The summed E-state index contributed by atoms with van der Waals surface area (Å²) >= 11 is 0. The van der Waals surface area contributed by atoms with Crippen LogP contribution in [0.4, 0.5) is 17.1 Å². The van der Waals surface area contributed by atoms with Gasteiger partial charge in [-0.25, -0.2) is 0 Å². The molecule has 2 aliphatic rings. The summed E-state index contributed by atoms with van der Waals surface area (Å²) in [6.07, 6.45) is 0.979. The van der Waals surface area contributed by atoms with Gasteiger partial charge in [0.05, 0.1) is 5.52 Å². The molecule has 0 saturated heterocycles. The molecule has 11 rings (SSSR count). The maximum absolute atomic E-state index is 3.73. The Balaban J connectivity index is 1.03. The number of nitrogens with one attached hydrogen (secondary N) is 1. The second kappa shape index (κ2) is 11.7. The van der Waals surface area contributed by atoms with Gasteiger partial charge in [-0.3, -0.25) is 0 Å². The van der Waals surface area contributed by atoms with Crippen LogP contribution in [-0.4, -0.2) is 4.98 Å². The number of hydrogen-bond donors (Lipinski definition) is 1. The van der Waals surface area contributed by atoms with E-state index in [4.69, 9.17) is 0 Å². The Morgan fingerprint density at radius 1 is 0.426 bits per heavy atom. The monoisotopic (exact) mass is 690 g/mol. The van der Waals surface area contributed by atoms with E-state index in [1.807, 2.05) is 0 Å². The summed E-state index contributed by atoms with van der Waals surface area (Å²) in [5.74, 6) is 0. The van der Waals surface area contributed by atoms with E-state index in [9.17, 15) is 0 Å². The van der Waals surface area contributed by atoms with Crippen LogP contribution >= 0.6 is 0 Å². The minimum absolute atomic E-state index is 0.0347. The molecule has 0 aliphatic heterocycles. The number of aromatic nitrogens is 1. The third-order valence-electron chi connectivity index (χ3n) is 12.0. The lowest BCUT2D eigenvalue weighted by molar-refractivity contribution is 0.660. The highest BCUT2D eigenvalue weighted by Gasteiger charge is 2.35. The number of hydrogen-bond acceptors (Lipinski definition) is 1. The zero-order valence-electron chi connectivity index (χ0n) is 30.4. The fourth-order valence-electron chi connectivity index (χ4n) is 9.31. The molecule has 2 aliphatic carbocycles. The lowest BCUT2D eigenvalue weighted by Crippen LogP contribution is -2.14. The second-order valence-electron chi connectivity index (χ2n) is 15.4. The van der Waals surface area contributed by atoms with Gasteiger partial charge >= 0.3 is 0 Å². The maximum atomic E-state index is 3.73. The van der Waals surface area contributed by atoms with Crippen molar-refractivity contribution in [3.05, 3.63) is 198 Å². The highest BCUT2D eigenvalue weighted by molar-refractivity contribution is 6.12. The van der Waals surface area contributed by atoms with E-state index in [0.29, 0.717) is 0 Å². The van der Waals surface area contributed by atoms with Crippen molar-refractivity contribution in [1.29, 1.82) is 0 Å². The number of rotatable bonds is 5. The lowest BCUT2D eigenvalue weighted by Gasteiger charge is -2.27. The van der Waals surface area contributed by atoms with Crippen LogP contribution in [0.15, 0.2) is 176 Å². The summed E-state index contributed by atoms with van der Waals surface area (Å²) in [5, 5.41) is 2.50. The standard InChI is InChI=1S/C52H38N2/c1-52(2)48-19-7-5-15-43(48)44-28-24-34(31-49(44)52)33-21-25-38(26-22-33)54(40-27-23-37-29-35-11-3-4-14-41(35)47(37)32-40)39-13-9-12-36(30-39)42-17-10-18-46-45-16-6-8-20-50(45)53-51(42)46/h3-28,30-32,53H,29H2,1-2H3. The first-order valence-corrected chi connectivity index (χ1v) is 19.0. The average molecular weight is 691 g/mol. The van der Waals surface area contributed by atoms with Crippen molar-refractivity contribution < 1.29 is 0 Å². The Hall–Kier alpha value is -6.64. The first-order chi connectivity index (χ1) is 26.5. The molecule has 0 atom stereocenters. The van der Waals surface area contributed by atoms with Crippen molar-refractivity contribution in [1.82, 2.24) is 4.98 Å². The number of anilines is 3. The van der Waals surface area contributed by atoms with E-state index in [0.717, 1.165) is 29.0 Å². The Morgan fingerprint density at radius 2 is 1.09 bits per heavy atom. The predicted octanol–water partition coefficient (Wildman–Crippen LogP) is 14.0. The minimum Gasteiger partial charge on any atom is -0.354 e. The van der Waals surface area contributed by atoms with Gasteiger partial charge in [0.15, 0.2) is 0 Å². The lowest BCUT2D eigenvalue weighted by atomic mass is 9.81. The van der Waals surface area contributed by atoms with Crippen molar-refractivity contribution >= 4 is 38.9 Å². The molecule has 0 fully saturated rings. The van der Waals surface area contributed by atoms with E-state index in [1.54, 1.807) is 0 Å². The summed E-state index contributed by atoms with van der Waals surface area (Å²) in [5.41, 5.74) is 21.5.